The topological polar surface area (TPSA) is 88.3 Å². The minimum Gasteiger partial charge on any atom is -0.211 e. The Labute approximate surface area is 160 Å². The van der Waals surface area contributed by atoms with Gasteiger partial charge in [0, 0.05) is 5.92 Å². The van der Waals surface area contributed by atoms with Crippen LogP contribution in [0.15, 0.2) is 87.8 Å². The summed E-state index contributed by atoms with van der Waals surface area (Å²) in [5.41, 5.74) is 4.48. The fraction of sp³-hybridized carbons (Fsp3) is 0.0455. The van der Waals surface area contributed by atoms with Crippen molar-refractivity contribution in [1.29, 1.82) is 0 Å². The molecule has 0 aliphatic carbocycles. The molecule has 0 atom stereocenters. The van der Waals surface area contributed by atoms with Gasteiger partial charge in [-0.15, -0.1) is 0 Å². The molecule has 28 heavy (non-hydrogen) atoms. The first-order valence-corrected chi connectivity index (χ1v) is 8.28. The number of hydrogen-bond acceptors (Lipinski definition) is 6. The number of aliphatic imine (C=N–C) groups is 3. The number of benzene rings is 3. The van der Waals surface area contributed by atoms with E-state index < -0.39 is 0 Å². The van der Waals surface area contributed by atoms with Crippen molar-refractivity contribution in [1.82, 2.24) is 0 Å². The second kappa shape index (κ2) is 8.95. The molecule has 0 amide bonds. The first kappa shape index (κ1) is 18.6. The predicted molar refractivity (Wildman–Crippen MR) is 104 cm³/mol. The van der Waals surface area contributed by atoms with E-state index in [0.29, 0.717) is 17.1 Å². The van der Waals surface area contributed by atoms with Crippen LogP contribution in [0.25, 0.3) is 0 Å². The van der Waals surface area contributed by atoms with E-state index in [2.05, 4.69) is 15.0 Å². The molecule has 6 heteroatoms. The summed E-state index contributed by atoms with van der Waals surface area (Å²) in [6.07, 6.45) is 4.57. The molecule has 3 rings (SSSR count). The molecule has 0 spiro atoms. The quantitative estimate of drug-likeness (QED) is 0.357. The Morgan fingerprint density at radius 1 is 0.464 bits per heavy atom. The third-order valence-corrected chi connectivity index (χ3v) is 4.20. The SMILES string of the molecule is O=C=Nc1ccc(C(c2ccc(N=C=O)cc2)c2ccc(N=C=O)cc2)cc1. The minimum atomic E-state index is -0.127. The molecule has 134 valence electrons. The molecule has 0 unspecified atom stereocenters. The number of carbonyl (C=O) groups excluding carboxylic acids is 3. The van der Waals surface area contributed by atoms with Gasteiger partial charge in [0.1, 0.15) is 0 Å². The lowest BCUT2D eigenvalue weighted by Gasteiger charge is -2.19. The highest BCUT2D eigenvalue weighted by atomic mass is 16.1. The Bertz CT molecular complexity index is 955. The van der Waals surface area contributed by atoms with E-state index >= 15 is 0 Å². The van der Waals surface area contributed by atoms with Crippen LogP contribution in [-0.4, -0.2) is 18.2 Å². The van der Waals surface area contributed by atoms with E-state index in [1.54, 1.807) is 36.4 Å². The van der Waals surface area contributed by atoms with Gasteiger partial charge in [-0.2, -0.15) is 15.0 Å². The van der Waals surface area contributed by atoms with Gasteiger partial charge in [-0.05, 0) is 53.1 Å². The maximum Gasteiger partial charge on any atom is 0.240 e. The van der Waals surface area contributed by atoms with E-state index in [1.165, 1.54) is 18.2 Å². The van der Waals surface area contributed by atoms with Crippen molar-refractivity contribution in [2.24, 2.45) is 15.0 Å². The summed E-state index contributed by atoms with van der Waals surface area (Å²) in [6.45, 7) is 0. The molecule has 0 aliphatic heterocycles. The Morgan fingerprint density at radius 3 is 0.929 bits per heavy atom. The van der Waals surface area contributed by atoms with Crippen LogP contribution in [0.2, 0.25) is 0 Å². The largest absolute Gasteiger partial charge is 0.240 e. The number of nitrogens with zero attached hydrogens (tertiary/aromatic N) is 3. The molecular formula is C22H13N3O3. The van der Waals surface area contributed by atoms with Crippen LogP contribution in [0.5, 0.6) is 0 Å². The summed E-state index contributed by atoms with van der Waals surface area (Å²) in [5, 5.41) is 0. The second-order valence-electron chi connectivity index (χ2n) is 5.82. The zero-order valence-corrected chi connectivity index (χ0v) is 14.6. The van der Waals surface area contributed by atoms with Gasteiger partial charge in [0.2, 0.25) is 18.2 Å². The summed E-state index contributed by atoms with van der Waals surface area (Å²) in [6, 6.07) is 21.7. The average molecular weight is 367 g/mol. The van der Waals surface area contributed by atoms with Crippen molar-refractivity contribution in [3.63, 3.8) is 0 Å². The third-order valence-electron chi connectivity index (χ3n) is 4.20. The van der Waals surface area contributed by atoms with E-state index in [-0.39, 0.29) is 5.92 Å². The van der Waals surface area contributed by atoms with Crippen molar-refractivity contribution in [2.75, 3.05) is 0 Å². The summed E-state index contributed by atoms with van der Waals surface area (Å²) in [4.78, 5) is 42.2. The highest BCUT2D eigenvalue weighted by Crippen LogP contribution is 2.34. The van der Waals surface area contributed by atoms with Gasteiger partial charge in [0.05, 0.1) is 17.1 Å². The van der Waals surface area contributed by atoms with Gasteiger partial charge < -0.3 is 0 Å². The Morgan fingerprint density at radius 2 is 0.714 bits per heavy atom. The Hall–Kier alpha value is -4.20. The van der Waals surface area contributed by atoms with Crippen molar-refractivity contribution < 1.29 is 14.4 Å². The summed E-state index contributed by atoms with van der Waals surface area (Å²) in [5.74, 6) is -0.127. The van der Waals surface area contributed by atoms with Gasteiger partial charge in [-0.1, -0.05) is 36.4 Å². The summed E-state index contributed by atoms with van der Waals surface area (Å²) < 4.78 is 0. The van der Waals surface area contributed by atoms with E-state index in [1.807, 2.05) is 36.4 Å². The molecule has 0 heterocycles. The molecule has 0 aromatic heterocycles. The third kappa shape index (κ3) is 4.31. The number of rotatable bonds is 6. The van der Waals surface area contributed by atoms with E-state index in [9.17, 15) is 14.4 Å². The van der Waals surface area contributed by atoms with Gasteiger partial charge >= 0.3 is 0 Å². The molecule has 0 N–H and O–H groups in total. The molecule has 3 aromatic rings. The van der Waals surface area contributed by atoms with Crippen LogP contribution in [-0.2, 0) is 14.4 Å². The predicted octanol–water partition coefficient (Wildman–Crippen LogP) is 4.77. The molecule has 3 aromatic carbocycles. The molecule has 0 saturated heterocycles. The minimum absolute atomic E-state index is 0.127. The van der Waals surface area contributed by atoms with Crippen molar-refractivity contribution in [3.8, 4) is 0 Å². The average Bonchev–Trinajstić information content (AvgIpc) is 2.73. The van der Waals surface area contributed by atoms with Gasteiger partial charge in [-0.25, -0.2) is 14.4 Å². The lowest BCUT2D eigenvalue weighted by molar-refractivity contribution is 0.564. The van der Waals surface area contributed by atoms with Gasteiger partial charge in [-0.3, -0.25) is 0 Å². The first-order valence-electron chi connectivity index (χ1n) is 8.28. The normalized spacial score (nSPS) is 10.7. The number of isocyanates is 3. The van der Waals surface area contributed by atoms with E-state index in [4.69, 9.17) is 0 Å². The van der Waals surface area contributed by atoms with Crippen molar-refractivity contribution in [2.45, 2.75) is 5.92 Å². The second-order valence-corrected chi connectivity index (χ2v) is 5.82. The maximum atomic E-state index is 10.4. The smallest absolute Gasteiger partial charge is 0.211 e. The molecule has 0 radical (unpaired) electrons. The van der Waals surface area contributed by atoms with Crippen LogP contribution >= 0.6 is 0 Å². The van der Waals surface area contributed by atoms with Crippen LogP contribution in [0.4, 0.5) is 17.1 Å². The Balaban J connectivity index is 2.07. The monoisotopic (exact) mass is 367 g/mol. The van der Waals surface area contributed by atoms with Crippen molar-refractivity contribution in [3.05, 3.63) is 89.5 Å². The van der Waals surface area contributed by atoms with Crippen molar-refractivity contribution >= 4 is 35.3 Å². The lowest BCUT2D eigenvalue weighted by atomic mass is 9.85. The molecular weight excluding hydrogens is 354 g/mol. The fourth-order valence-electron chi connectivity index (χ4n) is 2.96. The van der Waals surface area contributed by atoms with E-state index in [0.717, 1.165) is 16.7 Å². The van der Waals surface area contributed by atoms with Crippen LogP contribution in [0.3, 0.4) is 0 Å². The van der Waals surface area contributed by atoms with Crippen LogP contribution < -0.4 is 0 Å². The standard InChI is InChI=1S/C22H13N3O3/c26-13-23-19-7-1-16(2-8-19)22(17-3-9-20(10-4-17)24-14-27)18-5-11-21(12-6-18)25-15-28/h1-12,22H. The highest BCUT2D eigenvalue weighted by Gasteiger charge is 2.17. The number of hydrogen-bond donors (Lipinski definition) is 0. The molecule has 6 nitrogen and oxygen atoms in total. The first-order chi connectivity index (χ1) is 13.7. The van der Waals surface area contributed by atoms with Gasteiger partial charge in [0.25, 0.3) is 0 Å². The molecule has 0 fully saturated rings. The zero-order valence-electron chi connectivity index (χ0n) is 14.6. The Kier molecular flexibility index (Phi) is 5.94. The molecule has 0 bridgehead atoms. The summed E-state index contributed by atoms with van der Waals surface area (Å²) >= 11 is 0. The highest BCUT2D eigenvalue weighted by molar-refractivity contribution is 5.55. The van der Waals surface area contributed by atoms with Crippen LogP contribution in [0.1, 0.15) is 22.6 Å². The lowest BCUT2D eigenvalue weighted by Crippen LogP contribution is -2.03. The summed E-state index contributed by atoms with van der Waals surface area (Å²) in [7, 11) is 0. The van der Waals surface area contributed by atoms with Gasteiger partial charge in [0.15, 0.2) is 0 Å². The molecule has 0 aliphatic rings. The maximum absolute atomic E-state index is 10.4. The van der Waals surface area contributed by atoms with Crippen LogP contribution in [0, 0.1) is 0 Å². The molecule has 0 saturated carbocycles. The zero-order chi connectivity index (χ0) is 19.8. The fourth-order valence-corrected chi connectivity index (χ4v) is 2.96.